The average Bonchev–Trinajstić information content (AvgIpc) is 2.72. The fourth-order valence-electron chi connectivity index (χ4n) is 2.98. The molecule has 0 spiro atoms. The van der Waals surface area contributed by atoms with Crippen molar-refractivity contribution < 1.29 is 28.6 Å². The summed E-state index contributed by atoms with van der Waals surface area (Å²) in [6, 6.07) is 7.52. The molecule has 1 heterocycles. The second-order valence-corrected chi connectivity index (χ2v) is 7.68. The molecule has 0 saturated carbocycles. The van der Waals surface area contributed by atoms with Gasteiger partial charge in [0.1, 0.15) is 12.2 Å². The first-order valence-corrected chi connectivity index (χ1v) is 11.2. The van der Waals surface area contributed by atoms with Gasteiger partial charge in [-0.05, 0) is 61.1 Å². The summed E-state index contributed by atoms with van der Waals surface area (Å²) in [5.74, 6) is -2.10. The molecule has 1 aromatic heterocycles. The van der Waals surface area contributed by atoms with Gasteiger partial charge in [0.05, 0.1) is 12.3 Å². The second-order valence-electron chi connectivity index (χ2n) is 6.69. The topological polar surface area (TPSA) is 96.8 Å². The number of aromatic nitrogens is 1. The van der Waals surface area contributed by atoms with E-state index >= 15 is 0 Å². The molecule has 1 amide bonds. The monoisotopic (exact) mass is 448 g/mol. The molecule has 0 fully saturated rings. The van der Waals surface area contributed by atoms with E-state index in [1.54, 1.807) is 36.9 Å². The van der Waals surface area contributed by atoms with Crippen molar-refractivity contribution in [3.63, 3.8) is 0 Å². The second kappa shape index (κ2) is 12.0. The Morgan fingerprint density at radius 3 is 2.52 bits per heavy atom. The molecule has 1 aromatic carbocycles. The molecule has 2 rings (SSSR count). The van der Waals surface area contributed by atoms with Gasteiger partial charge >= 0.3 is 11.9 Å². The van der Waals surface area contributed by atoms with Gasteiger partial charge in [-0.2, -0.15) is 11.8 Å². The first kappa shape index (κ1) is 24.3. The molecule has 31 heavy (non-hydrogen) atoms. The van der Waals surface area contributed by atoms with E-state index in [0.29, 0.717) is 18.4 Å². The first-order valence-electron chi connectivity index (χ1n) is 9.77. The largest absolute Gasteiger partial charge is 0.476 e. The number of rotatable bonds is 11. The Morgan fingerprint density at radius 2 is 1.90 bits per heavy atom. The predicted molar refractivity (Wildman–Crippen MR) is 117 cm³/mol. The molecule has 9 heteroatoms. The Balaban J connectivity index is 2.39. The van der Waals surface area contributed by atoms with Crippen molar-refractivity contribution >= 4 is 35.3 Å². The maximum atomic E-state index is 13.2. The van der Waals surface area contributed by atoms with Crippen LogP contribution in [-0.4, -0.2) is 53.1 Å². The third-order valence-corrected chi connectivity index (χ3v) is 5.07. The normalized spacial score (nSPS) is 10.5. The van der Waals surface area contributed by atoms with Crippen LogP contribution in [0.2, 0.25) is 0 Å². The lowest BCUT2D eigenvalue weighted by Crippen LogP contribution is -2.35. The Bertz CT molecular complexity index is 921. The molecular weight excluding hydrogens is 423 g/mol. The van der Waals surface area contributed by atoms with Crippen LogP contribution in [0.3, 0.4) is 0 Å². The van der Waals surface area contributed by atoms with E-state index in [1.807, 2.05) is 6.26 Å². The van der Waals surface area contributed by atoms with E-state index < -0.39 is 24.3 Å². The highest BCUT2D eigenvalue weighted by atomic mass is 32.2. The number of halogens is 1. The number of carbonyl (C=O) groups is 3. The zero-order valence-corrected chi connectivity index (χ0v) is 18.3. The van der Waals surface area contributed by atoms with Gasteiger partial charge in [-0.1, -0.05) is 12.1 Å². The van der Waals surface area contributed by atoms with Crippen molar-refractivity contribution in [2.75, 3.05) is 30.1 Å². The van der Waals surface area contributed by atoms with Crippen LogP contribution in [0, 0.1) is 5.82 Å². The molecule has 1 N–H and O–H groups in total. The number of anilines is 1. The standard InChI is InChI=1S/C22H25FN2O5S/c1-3-30-20(27)13-19(26)25(9-4-10-31-2)18-12-16(14-24-21(18)22(28)29)11-15-5-7-17(23)8-6-15/h5-8,12,14H,3-4,9-11,13H2,1-2H3,(H,28,29). The lowest BCUT2D eigenvalue weighted by molar-refractivity contribution is -0.145. The smallest absolute Gasteiger partial charge is 0.356 e. The molecule has 7 nitrogen and oxygen atoms in total. The number of carboxylic acids is 1. The van der Waals surface area contributed by atoms with Crippen molar-refractivity contribution in [3.8, 4) is 0 Å². The number of ether oxygens (including phenoxy) is 1. The third-order valence-electron chi connectivity index (χ3n) is 4.37. The third kappa shape index (κ3) is 7.36. The lowest BCUT2D eigenvalue weighted by Gasteiger charge is -2.24. The summed E-state index contributed by atoms with van der Waals surface area (Å²) in [6.45, 7) is 2.03. The van der Waals surface area contributed by atoms with Crippen LogP contribution < -0.4 is 4.90 Å². The van der Waals surface area contributed by atoms with Crippen LogP contribution in [0.15, 0.2) is 36.5 Å². The van der Waals surface area contributed by atoms with Crippen LogP contribution in [0.25, 0.3) is 0 Å². The molecule has 0 aliphatic heterocycles. The number of pyridine rings is 1. The van der Waals surface area contributed by atoms with Gasteiger partial charge in [0.15, 0.2) is 5.69 Å². The predicted octanol–water partition coefficient (Wildman–Crippen LogP) is 3.55. The number of hydrogen-bond donors (Lipinski definition) is 1. The highest BCUT2D eigenvalue weighted by Crippen LogP contribution is 2.24. The fourth-order valence-corrected chi connectivity index (χ4v) is 3.40. The van der Waals surface area contributed by atoms with E-state index in [1.165, 1.54) is 23.2 Å². The van der Waals surface area contributed by atoms with Gasteiger partial charge in [-0.3, -0.25) is 9.59 Å². The molecule has 0 atom stereocenters. The number of benzene rings is 1. The van der Waals surface area contributed by atoms with Crippen LogP contribution in [0.5, 0.6) is 0 Å². The Hall–Kier alpha value is -2.94. The van der Waals surface area contributed by atoms with Gasteiger partial charge in [-0.15, -0.1) is 0 Å². The number of esters is 1. The van der Waals surface area contributed by atoms with Crippen LogP contribution >= 0.6 is 11.8 Å². The van der Waals surface area contributed by atoms with Gasteiger partial charge in [0.2, 0.25) is 5.91 Å². The van der Waals surface area contributed by atoms with Gasteiger partial charge < -0.3 is 14.7 Å². The van der Waals surface area contributed by atoms with E-state index in [0.717, 1.165) is 11.3 Å². The van der Waals surface area contributed by atoms with E-state index in [4.69, 9.17) is 4.74 Å². The number of nitrogens with zero attached hydrogens (tertiary/aromatic N) is 2. The first-order chi connectivity index (χ1) is 14.8. The molecule has 2 aromatic rings. The minimum Gasteiger partial charge on any atom is -0.476 e. The molecule has 166 valence electrons. The summed E-state index contributed by atoms with van der Waals surface area (Å²) < 4.78 is 18.0. The molecule has 0 radical (unpaired) electrons. The zero-order valence-electron chi connectivity index (χ0n) is 17.5. The summed E-state index contributed by atoms with van der Waals surface area (Å²) in [7, 11) is 0. The summed E-state index contributed by atoms with van der Waals surface area (Å²) in [5.41, 5.74) is 1.32. The van der Waals surface area contributed by atoms with E-state index in [-0.39, 0.29) is 30.4 Å². The molecular formula is C22H25FN2O5S. The van der Waals surface area contributed by atoms with Crippen molar-refractivity contribution in [3.05, 3.63) is 59.2 Å². The maximum Gasteiger partial charge on any atom is 0.356 e. The number of thioether (sulfide) groups is 1. The number of amides is 1. The average molecular weight is 449 g/mol. The summed E-state index contributed by atoms with van der Waals surface area (Å²) >= 11 is 1.60. The Kier molecular flexibility index (Phi) is 9.45. The number of hydrogen-bond acceptors (Lipinski definition) is 6. The quantitative estimate of drug-likeness (QED) is 0.319. The highest BCUT2D eigenvalue weighted by molar-refractivity contribution is 7.98. The van der Waals surface area contributed by atoms with Gasteiger partial charge in [-0.25, -0.2) is 14.2 Å². The minimum absolute atomic E-state index is 0.127. The van der Waals surface area contributed by atoms with Crippen molar-refractivity contribution in [2.24, 2.45) is 0 Å². The fraction of sp³-hybridized carbons (Fsp3) is 0.364. The number of carbonyl (C=O) groups excluding carboxylic acids is 2. The van der Waals surface area contributed by atoms with E-state index in [9.17, 15) is 23.9 Å². The molecule has 0 bridgehead atoms. The van der Waals surface area contributed by atoms with E-state index in [2.05, 4.69) is 4.98 Å². The molecule has 0 unspecified atom stereocenters. The van der Waals surface area contributed by atoms with Gasteiger partial charge in [0, 0.05) is 12.7 Å². The lowest BCUT2D eigenvalue weighted by atomic mass is 10.0. The van der Waals surface area contributed by atoms with Crippen LogP contribution in [-0.2, 0) is 20.7 Å². The Labute approximate surface area is 184 Å². The minimum atomic E-state index is -1.28. The molecule has 0 aliphatic carbocycles. The highest BCUT2D eigenvalue weighted by Gasteiger charge is 2.25. The van der Waals surface area contributed by atoms with Gasteiger partial charge in [0.25, 0.3) is 0 Å². The summed E-state index contributed by atoms with van der Waals surface area (Å²) in [4.78, 5) is 41.8. The van der Waals surface area contributed by atoms with Crippen molar-refractivity contribution in [2.45, 2.75) is 26.2 Å². The molecule has 0 aliphatic rings. The zero-order chi connectivity index (χ0) is 22.8. The number of aromatic carboxylic acids is 1. The Morgan fingerprint density at radius 1 is 1.19 bits per heavy atom. The van der Waals surface area contributed by atoms with Crippen molar-refractivity contribution in [1.29, 1.82) is 0 Å². The molecule has 0 saturated heterocycles. The number of carboxylic acid groups (broad SMARTS) is 1. The SMILES string of the molecule is CCOC(=O)CC(=O)N(CCCSC)c1cc(Cc2ccc(F)cc2)cnc1C(=O)O. The summed E-state index contributed by atoms with van der Waals surface area (Å²) in [5, 5.41) is 9.61. The summed E-state index contributed by atoms with van der Waals surface area (Å²) in [6.07, 6.45) is 3.85. The van der Waals surface area contributed by atoms with Crippen LogP contribution in [0.1, 0.15) is 41.4 Å². The maximum absolute atomic E-state index is 13.2. The van der Waals surface area contributed by atoms with Crippen LogP contribution in [0.4, 0.5) is 10.1 Å². The van der Waals surface area contributed by atoms with Crippen molar-refractivity contribution in [1.82, 2.24) is 4.98 Å².